The lowest BCUT2D eigenvalue weighted by atomic mass is 10.0. The van der Waals surface area contributed by atoms with E-state index >= 15 is 0 Å². The lowest BCUT2D eigenvalue weighted by Crippen LogP contribution is -2.48. The van der Waals surface area contributed by atoms with E-state index in [-0.39, 0.29) is 6.03 Å². The van der Waals surface area contributed by atoms with Gasteiger partial charge in [0.1, 0.15) is 0 Å². The Morgan fingerprint density at radius 2 is 1.90 bits per heavy atom. The standard InChI is InChI=1S/C17H27N3O/c1-14-4-6-15(7-5-14)8-11-18-17(21)20(3)16-9-12-19(2)13-10-16/h4-7,16H,8-13H2,1-3H3,(H,18,21). The zero-order valence-corrected chi connectivity index (χ0v) is 13.4. The molecule has 21 heavy (non-hydrogen) atoms. The number of likely N-dealkylation sites (tertiary alicyclic amines) is 1. The first-order valence-electron chi connectivity index (χ1n) is 7.81. The van der Waals surface area contributed by atoms with Crippen molar-refractivity contribution in [1.29, 1.82) is 0 Å². The van der Waals surface area contributed by atoms with Crippen molar-refractivity contribution in [2.24, 2.45) is 0 Å². The molecule has 0 unspecified atom stereocenters. The predicted molar refractivity (Wildman–Crippen MR) is 86.6 cm³/mol. The second kappa shape index (κ2) is 7.46. The summed E-state index contributed by atoms with van der Waals surface area (Å²) in [5, 5.41) is 3.03. The van der Waals surface area contributed by atoms with Crippen molar-refractivity contribution in [2.45, 2.75) is 32.2 Å². The van der Waals surface area contributed by atoms with Crippen molar-refractivity contribution in [2.75, 3.05) is 33.7 Å². The van der Waals surface area contributed by atoms with Crippen molar-refractivity contribution in [3.05, 3.63) is 35.4 Å². The van der Waals surface area contributed by atoms with Crippen molar-refractivity contribution in [3.63, 3.8) is 0 Å². The minimum absolute atomic E-state index is 0.0525. The van der Waals surface area contributed by atoms with Crippen molar-refractivity contribution >= 4 is 6.03 Å². The van der Waals surface area contributed by atoms with Crippen LogP contribution in [0.4, 0.5) is 4.79 Å². The van der Waals surface area contributed by atoms with Crippen molar-refractivity contribution in [3.8, 4) is 0 Å². The molecule has 0 bridgehead atoms. The Morgan fingerprint density at radius 1 is 1.29 bits per heavy atom. The molecule has 116 valence electrons. The van der Waals surface area contributed by atoms with Crippen molar-refractivity contribution < 1.29 is 4.79 Å². The molecule has 1 aliphatic rings. The second-order valence-electron chi connectivity index (χ2n) is 6.11. The van der Waals surface area contributed by atoms with Crippen LogP contribution >= 0.6 is 0 Å². The van der Waals surface area contributed by atoms with Gasteiger partial charge in [-0.05, 0) is 51.9 Å². The quantitative estimate of drug-likeness (QED) is 0.923. The number of benzene rings is 1. The highest BCUT2D eigenvalue weighted by atomic mass is 16.2. The monoisotopic (exact) mass is 289 g/mol. The largest absolute Gasteiger partial charge is 0.338 e. The molecule has 2 amide bonds. The lowest BCUT2D eigenvalue weighted by molar-refractivity contribution is 0.148. The van der Waals surface area contributed by atoms with E-state index in [4.69, 9.17) is 0 Å². The number of aryl methyl sites for hydroxylation is 1. The molecule has 2 rings (SSSR count). The van der Waals surface area contributed by atoms with Gasteiger partial charge in [-0.1, -0.05) is 29.8 Å². The van der Waals surface area contributed by atoms with Gasteiger partial charge in [0.05, 0.1) is 0 Å². The molecule has 4 nitrogen and oxygen atoms in total. The first-order valence-corrected chi connectivity index (χ1v) is 7.81. The van der Waals surface area contributed by atoms with Crippen LogP contribution in [-0.2, 0) is 6.42 Å². The smallest absolute Gasteiger partial charge is 0.317 e. The first-order chi connectivity index (χ1) is 10.1. The van der Waals surface area contributed by atoms with Crippen LogP contribution in [0.1, 0.15) is 24.0 Å². The maximum absolute atomic E-state index is 12.2. The summed E-state index contributed by atoms with van der Waals surface area (Å²) in [5.74, 6) is 0. The number of rotatable bonds is 4. The van der Waals surface area contributed by atoms with Crippen LogP contribution in [0.15, 0.2) is 24.3 Å². The highest BCUT2D eigenvalue weighted by Gasteiger charge is 2.23. The zero-order valence-electron chi connectivity index (χ0n) is 13.4. The molecule has 1 aromatic carbocycles. The van der Waals surface area contributed by atoms with Crippen LogP contribution < -0.4 is 5.32 Å². The van der Waals surface area contributed by atoms with E-state index in [1.807, 2.05) is 11.9 Å². The van der Waals surface area contributed by atoms with E-state index in [1.165, 1.54) is 11.1 Å². The number of amides is 2. The average Bonchev–Trinajstić information content (AvgIpc) is 2.49. The third kappa shape index (κ3) is 4.74. The molecule has 4 heteroatoms. The molecule has 1 saturated heterocycles. The Balaban J connectivity index is 1.72. The molecular formula is C17H27N3O. The van der Waals surface area contributed by atoms with Gasteiger partial charge in [-0.25, -0.2) is 4.79 Å². The number of hydrogen-bond acceptors (Lipinski definition) is 2. The van der Waals surface area contributed by atoms with Gasteiger partial charge in [0.15, 0.2) is 0 Å². The molecule has 1 aromatic rings. The van der Waals surface area contributed by atoms with E-state index in [2.05, 4.69) is 48.5 Å². The molecule has 1 fully saturated rings. The number of hydrogen-bond donors (Lipinski definition) is 1. The van der Waals surface area contributed by atoms with Gasteiger partial charge in [-0.2, -0.15) is 0 Å². The van der Waals surface area contributed by atoms with Crippen LogP contribution in [0.2, 0.25) is 0 Å². The summed E-state index contributed by atoms with van der Waals surface area (Å²) < 4.78 is 0. The molecule has 0 spiro atoms. The summed E-state index contributed by atoms with van der Waals surface area (Å²) >= 11 is 0. The highest BCUT2D eigenvalue weighted by molar-refractivity contribution is 5.74. The fourth-order valence-electron chi connectivity index (χ4n) is 2.74. The maximum atomic E-state index is 12.2. The molecule has 1 N–H and O–H groups in total. The van der Waals surface area contributed by atoms with Gasteiger partial charge in [0, 0.05) is 19.6 Å². The summed E-state index contributed by atoms with van der Waals surface area (Å²) in [6, 6.07) is 8.91. The van der Waals surface area contributed by atoms with Crippen LogP contribution in [0.25, 0.3) is 0 Å². The number of piperidine rings is 1. The average molecular weight is 289 g/mol. The van der Waals surface area contributed by atoms with Crippen molar-refractivity contribution in [1.82, 2.24) is 15.1 Å². The molecule has 1 heterocycles. The maximum Gasteiger partial charge on any atom is 0.317 e. The molecule has 0 radical (unpaired) electrons. The molecule has 0 aliphatic carbocycles. The van der Waals surface area contributed by atoms with Crippen LogP contribution in [-0.4, -0.2) is 55.6 Å². The highest BCUT2D eigenvalue weighted by Crippen LogP contribution is 2.14. The Labute approximate surface area is 128 Å². The molecular weight excluding hydrogens is 262 g/mol. The normalized spacial score (nSPS) is 16.7. The summed E-state index contributed by atoms with van der Waals surface area (Å²) in [7, 11) is 4.05. The fourth-order valence-corrected chi connectivity index (χ4v) is 2.74. The third-order valence-electron chi connectivity index (χ3n) is 4.37. The van der Waals surface area contributed by atoms with Crippen LogP contribution in [0.5, 0.6) is 0 Å². The Hall–Kier alpha value is -1.55. The van der Waals surface area contributed by atoms with E-state index in [1.54, 1.807) is 0 Å². The minimum atomic E-state index is 0.0525. The van der Waals surface area contributed by atoms with Gasteiger partial charge in [0.2, 0.25) is 0 Å². The second-order valence-corrected chi connectivity index (χ2v) is 6.11. The molecule has 1 aliphatic heterocycles. The number of nitrogens with zero attached hydrogens (tertiary/aromatic N) is 2. The van der Waals surface area contributed by atoms with E-state index in [0.29, 0.717) is 12.6 Å². The number of carbonyl (C=O) groups is 1. The SMILES string of the molecule is Cc1ccc(CCNC(=O)N(C)C2CCN(C)CC2)cc1. The molecule has 0 aromatic heterocycles. The summed E-state index contributed by atoms with van der Waals surface area (Å²) in [5.41, 5.74) is 2.53. The third-order valence-corrected chi connectivity index (χ3v) is 4.37. The van der Waals surface area contributed by atoms with Gasteiger partial charge in [-0.15, -0.1) is 0 Å². The van der Waals surface area contributed by atoms with Crippen LogP contribution in [0.3, 0.4) is 0 Å². The van der Waals surface area contributed by atoms with Crippen LogP contribution in [0, 0.1) is 6.92 Å². The Morgan fingerprint density at radius 3 is 2.52 bits per heavy atom. The van der Waals surface area contributed by atoms with E-state index in [0.717, 1.165) is 32.4 Å². The summed E-state index contributed by atoms with van der Waals surface area (Å²) in [6.45, 7) is 4.93. The van der Waals surface area contributed by atoms with E-state index in [9.17, 15) is 4.79 Å². The predicted octanol–water partition coefficient (Wildman–Crippen LogP) is 2.27. The zero-order chi connectivity index (χ0) is 15.2. The Bertz CT molecular complexity index is 450. The van der Waals surface area contributed by atoms with Gasteiger partial charge in [-0.3, -0.25) is 0 Å². The van der Waals surface area contributed by atoms with Gasteiger partial charge < -0.3 is 15.1 Å². The van der Waals surface area contributed by atoms with Gasteiger partial charge in [0.25, 0.3) is 0 Å². The minimum Gasteiger partial charge on any atom is -0.338 e. The molecule has 0 atom stereocenters. The number of carbonyl (C=O) groups excluding carboxylic acids is 1. The number of nitrogens with one attached hydrogen (secondary N) is 1. The first kappa shape index (κ1) is 15.8. The topological polar surface area (TPSA) is 35.6 Å². The fraction of sp³-hybridized carbons (Fsp3) is 0.588. The summed E-state index contributed by atoms with van der Waals surface area (Å²) in [4.78, 5) is 16.4. The summed E-state index contributed by atoms with van der Waals surface area (Å²) in [6.07, 6.45) is 3.02. The number of urea groups is 1. The van der Waals surface area contributed by atoms with E-state index < -0.39 is 0 Å². The van der Waals surface area contributed by atoms with Gasteiger partial charge >= 0.3 is 6.03 Å². The Kier molecular flexibility index (Phi) is 5.62. The molecule has 0 saturated carbocycles. The lowest BCUT2D eigenvalue weighted by Gasteiger charge is -2.35.